The van der Waals surface area contributed by atoms with Crippen LogP contribution in [0, 0.1) is 5.82 Å². The molecule has 0 saturated carbocycles. The number of thioether (sulfide) groups is 1. The molecular weight excluding hydrogens is 399 g/mol. The fourth-order valence-corrected chi connectivity index (χ4v) is 4.09. The van der Waals surface area contributed by atoms with Crippen LogP contribution in [0.3, 0.4) is 0 Å². The standard InChI is InChI=1S/C19H15FN4O2S2/c1-25-16-8-3-2-7-15(16)22-18-23-24-19(28-18)27-11-14-10-26-17(21-14)12-5-4-6-13(20)9-12/h2-10H,11H2,1H3,(H,22,23). The average molecular weight is 414 g/mol. The summed E-state index contributed by atoms with van der Waals surface area (Å²) in [7, 11) is 1.62. The predicted molar refractivity (Wildman–Crippen MR) is 108 cm³/mol. The number of hydrogen-bond acceptors (Lipinski definition) is 8. The molecule has 0 unspecified atom stereocenters. The Balaban J connectivity index is 1.39. The third kappa shape index (κ3) is 4.32. The first-order valence-corrected chi connectivity index (χ1v) is 10.1. The van der Waals surface area contributed by atoms with Gasteiger partial charge in [0, 0.05) is 11.3 Å². The zero-order valence-electron chi connectivity index (χ0n) is 14.8. The summed E-state index contributed by atoms with van der Waals surface area (Å²) in [5, 5.41) is 12.2. The lowest BCUT2D eigenvalue weighted by molar-refractivity contribution is 0.417. The highest BCUT2D eigenvalue weighted by Gasteiger charge is 2.11. The van der Waals surface area contributed by atoms with Crippen LogP contribution < -0.4 is 10.1 Å². The molecule has 2 heterocycles. The Labute approximate surface area is 168 Å². The molecule has 9 heteroatoms. The van der Waals surface area contributed by atoms with Gasteiger partial charge in [0.25, 0.3) is 0 Å². The van der Waals surface area contributed by atoms with Crippen molar-refractivity contribution in [3.63, 3.8) is 0 Å². The van der Waals surface area contributed by atoms with E-state index in [4.69, 9.17) is 9.15 Å². The number of hydrogen-bond donors (Lipinski definition) is 1. The molecule has 0 radical (unpaired) electrons. The van der Waals surface area contributed by atoms with Gasteiger partial charge in [-0.1, -0.05) is 41.3 Å². The Bertz CT molecular complexity index is 1080. The fraction of sp³-hybridized carbons (Fsp3) is 0.105. The molecule has 6 nitrogen and oxygen atoms in total. The Hall–Kier alpha value is -2.91. The molecule has 0 atom stereocenters. The van der Waals surface area contributed by atoms with Gasteiger partial charge in [0.15, 0.2) is 4.34 Å². The fourth-order valence-electron chi connectivity index (χ4n) is 2.44. The lowest BCUT2D eigenvalue weighted by Gasteiger charge is -2.07. The molecule has 142 valence electrons. The first kappa shape index (κ1) is 18.5. The number of ether oxygens (including phenoxy) is 1. The Morgan fingerprint density at radius 2 is 2.07 bits per heavy atom. The molecule has 28 heavy (non-hydrogen) atoms. The molecule has 2 aromatic carbocycles. The Morgan fingerprint density at radius 1 is 1.18 bits per heavy atom. The van der Waals surface area contributed by atoms with Gasteiger partial charge in [-0.25, -0.2) is 9.37 Å². The zero-order valence-corrected chi connectivity index (χ0v) is 16.4. The van der Waals surface area contributed by atoms with Crippen molar-refractivity contribution in [1.82, 2.24) is 15.2 Å². The van der Waals surface area contributed by atoms with E-state index in [2.05, 4.69) is 20.5 Å². The van der Waals surface area contributed by atoms with E-state index in [1.165, 1.54) is 35.2 Å². The molecule has 2 aromatic heterocycles. The van der Waals surface area contributed by atoms with Crippen molar-refractivity contribution in [2.24, 2.45) is 0 Å². The van der Waals surface area contributed by atoms with Crippen LogP contribution in [0.15, 0.2) is 63.6 Å². The van der Waals surface area contributed by atoms with Crippen LogP contribution >= 0.6 is 23.1 Å². The maximum atomic E-state index is 13.3. The van der Waals surface area contributed by atoms with Gasteiger partial charge in [-0.15, -0.1) is 10.2 Å². The number of rotatable bonds is 7. The number of oxazole rings is 1. The van der Waals surface area contributed by atoms with Gasteiger partial charge in [-0.2, -0.15) is 0 Å². The molecule has 0 bridgehead atoms. The molecular formula is C19H15FN4O2S2. The van der Waals surface area contributed by atoms with Crippen LogP contribution in [0.25, 0.3) is 11.5 Å². The number of benzene rings is 2. The van der Waals surface area contributed by atoms with Crippen molar-refractivity contribution in [1.29, 1.82) is 0 Å². The van der Waals surface area contributed by atoms with Gasteiger partial charge in [-0.05, 0) is 30.3 Å². The highest BCUT2D eigenvalue weighted by molar-refractivity contribution is 8.00. The molecule has 0 aliphatic heterocycles. The van der Waals surface area contributed by atoms with Gasteiger partial charge in [0.2, 0.25) is 11.0 Å². The lowest BCUT2D eigenvalue weighted by atomic mass is 10.2. The van der Waals surface area contributed by atoms with E-state index < -0.39 is 0 Å². The minimum atomic E-state index is -0.324. The lowest BCUT2D eigenvalue weighted by Crippen LogP contribution is -1.93. The molecule has 0 fully saturated rings. The minimum absolute atomic E-state index is 0.324. The molecule has 0 amide bonds. The molecule has 0 spiro atoms. The smallest absolute Gasteiger partial charge is 0.226 e. The van der Waals surface area contributed by atoms with Crippen LogP contribution in [0.2, 0.25) is 0 Å². The summed E-state index contributed by atoms with van der Waals surface area (Å²) in [6.07, 6.45) is 1.57. The van der Waals surface area contributed by atoms with Crippen LogP contribution in [-0.4, -0.2) is 22.3 Å². The number of anilines is 2. The molecule has 4 rings (SSSR count). The third-order valence-electron chi connectivity index (χ3n) is 3.72. The number of nitrogens with one attached hydrogen (secondary N) is 1. The second kappa shape index (κ2) is 8.41. The van der Waals surface area contributed by atoms with Gasteiger partial charge in [0.1, 0.15) is 17.8 Å². The third-order valence-corrected chi connectivity index (χ3v) is 5.73. The Kier molecular flexibility index (Phi) is 5.54. The average Bonchev–Trinajstić information content (AvgIpc) is 3.36. The van der Waals surface area contributed by atoms with Crippen LogP contribution in [-0.2, 0) is 5.75 Å². The summed E-state index contributed by atoms with van der Waals surface area (Å²) in [4.78, 5) is 4.40. The van der Waals surface area contributed by atoms with E-state index in [9.17, 15) is 4.39 Å². The monoisotopic (exact) mass is 414 g/mol. The Morgan fingerprint density at radius 3 is 2.93 bits per heavy atom. The topological polar surface area (TPSA) is 73.1 Å². The van der Waals surface area contributed by atoms with Gasteiger partial charge >= 0.3 is 0 Å². The van der Waals surface area contributed by atoms with E-state index >= 15 is 0 Å². The maximum Gasteiger partial charge on any atom is 0.226 e. The number of para-hydroxylation sites is 2. The first-order chi connectivity index (χ1) is 13.7. The molecule has 0 aliphatic carbocycles. The highest BCUT2D eigenvalue weighted by Crippen LogP contribution is 2.32. The van der Waals surface area contributed by atoms with E-state index in [0.717, 1.165) is 21.5 Å². The zero-order chi connectivity index (χ0) is 19.3. The molecule has 1 N–H and O–H groups in total. The van der Waals surface area contributed by atoms with Crippen molar-refractivity contribution in [2.45, 2.75) is 10.1 Å². The minimum Gasteiger partial charge on any atom is -0.495 e. The van der Waals surface area contributed by atoms with Crippen molar-refractivity contribution in [3.8, 4) is 17.2 Å². The number of methoxy groups -OCH3 is 1. The predicted octanol–water partition coefficient (Wildman–Crippen LogP) is 5.38. The quantitative estimate of drug-likeness (QED) is 0.407. The summed E-state index contributed by atoms with van der Waals surface area (Å²) in [5.41, 5.74) is 2.18. The number of nitrogens with zero attached hydrogens (tertiary/aromatic N) is 3. The maximum absolute atomic E-state index is 13.3. The van der Waals surface area contributed by atoms with Gasteiger partial charge in [-0.3, -0.25) is 0 Å². The van der Waals surface area contributed by atoms with Crippen molar-refractivity contribution >= 4 is 33.9 Å². The van der Waals surface area contributed by atoms with Crippen molar-refractivity contribution in [3.05, 3.63) is 66.3 Å². The first-order valence-electron chi connectivity index (χ1n) is 8.28. The number of halogens is 1. The summed E-state index contributed by atoms with van der Waals surface area (Å²) in [6, 6.07) is 13.8. The van der Waals surface area contributed by atoms with E-state index in [0.29, 0.717) is 22.3 Å². The van der Waals surface area contributed by atoms with E-state index in [1.807, 2.05) is 24.3 Å². The molecule has 0 aliphatic rings. The van der Waals surface area contributed by atoms with Gasteiger partial charge < -0.3 is 14.5 Å². The molecule has 0 saturated heterocycles. The number of aromatic nitrogens is 3. The van der Waals surface area contributed by atoms with Crippen LogP contribution in [0.5, 0.6) is 5.75 Å². The van der Waals surface area contributed by atoms with E-state index in [1.54, 1.807) is 25.5 Å². The highest BCUT2D eigenvalue weighted by atomic mass is 32.2. The summed E-state index contributed by atoms with van der Waals surface area (Å²) >= 11 is 2.94. The van der Waals surface area contributed by atoms with Crippen LogP contribution in [0.1, 0.15) is 5.69 Å². The largest absolute Gasteiger partial charge is 0.495 e. The second-order valence-electron chi connectivity index (χ2n) is 5.64. The van der Waals surface area contributed by atoms with Crippen LogP contribution in [0.4, 0.5) is 15.2 Å². The SMILES string of the molecule is COc1ccccc1Nc1nnc(SCc2coc(-c3cccc(F)c3)n2)s1. The summed E-state index contributed by atoms with van der Waals surface area (Å²) in [6.45, 7) is 0. The molecule has 4 aromatic rings. The van der Waals surface area contributed by atoms with Crippen molar-refractivity contribution in [2.75, 3.05) is 12.4 Å². The summed E-state index contributed by atoms with van der Waals surface area (Å²) < 4.78 is 24.9. The van der Waals surface area contributed by atoms with E-state index in [-0.39, 0.29) is 5.82 Å². The summed E-state index contributed by atoms with van der Waals surface area (Å²) in [5.74, 6) is 1.38. The normalized spacial score (nSPS) is 10.8. The van der Waals surface area contributed by atoms with Gasteiger partial charge in [0.05, 0.1) is 18.5 Å². The van der Waals surface area contributed by atoms with Crippen molar-refractivity contribution < 1.29 is 13.5 Å². The second-order valence-corrected chi connectivity index (χ2v) is 7.84.